The fourth-order valence-corrected chi connectivity index (χ4v) is 2.42. The fraction of sp³-hybridized carbons (Fsp3) is 0.167. The van der Waals surface area contributed by atoms with Crippen LogP contribution in [0.2, 0.25) is 0 Å². The second kappa shape index (κ2) is 5.35. The molecule has 0 aliphatic carbocycles. The molecule has 0 saturated heterocycles. The van der Waals surface area contributed by atoms with E-state index in [0.717, 1.165) is 34.5 Å². The summed E-state index contributed by atoms with van der Waals surface area (Å²) in [5.74, 6) is 1.78. The third kappa shape index (κ3) is 2.50. The molecular weight excluding hydrogens is 290 g/mol. The van der Waals surface area contributed by atoms with Crippen LogP contribution in [0, 0.1) is 6.92 Å². The molecule has 2 aromatic heterocycles. The van der Waals surface area contributed by atoms with E-state index in [4.69, 9.17) is 8.94 Å². The molecule has 0 spiro atoms. The summed E-state index contributed by atoms with van der Waals surface area (Å²) < 4.78 is 11.0. The van der Waals surface area contributed by atoms with Crippen molar-refractivity contribution >= 4 is 11.1 Å². The zero-order chi connectivity index (χ0) is 15.8. The van der Waals surface area contributed by atoms with Crippen LogP contribution in [0.1, 0.15) is 18.4 Å². The van der Waals surface area contributed by atoms with E-state index in [2.05, 4.69) is 15.1 Å². The molecule has 0 saturated carbocycles. The van der Waals surface area contributed by atoms with Crippen molar-refractivity contribution in [3.8, 4) is 22.8 Å². The summed E-state index contributed by atoms with van der Waals surface area (Å²) in [4.78, 5) is 8.92. The average Bonchev–Trinajstić information content (AvgIpc) is 3.21. The number of fused-ring (bicyclic) bond motifs is 1. The first-order chi connectivity index (χ1) is 11.2. The van der Waals surface area contributed by atoms with E-state index < -0.39 is 0 Å². The molecular formula is C18H15N3O2. The number of aromatic nitrogens is 3. The molecule has 0 aliphatic heterocycles. The van der Waals surface area contributed by atoms with E-state index in [1.165, 1.54) is 5.56 Å². The van der Waals surface area contributed by atoms with E-state index in [0.29, 0.717) is 11.7 Å². The van der Waals surface area contributed by atoms with Crippen LogP contribution in [-0.4, -0.2) is 15.1 Å². The van der Waals surface area contributed by atoms with Crippen molar-refractivity contribution in [1.82, 2.24) is 15.1 Å². The maximum Gasteiger partial charge on any atom is 0.258 e. The van der Waals surface area contributed by atoms with Crippen LogP contribution in [0.25, 0.3) is 33.9 Å². The van der Waals surface area contributed by atoms with Gasteiger partial charge in [-0.2, -0.15) is 4.98 Å². The number of aryl methyl sites for hydroxylation is 2. The largest absolute Gasteiger partial charge is 0.441 e. The van der Waals surface area contributed by atoms with Gasteiger partial charge in [-0.15, -0.1) is 0 Å². The lowest BCUT2D eigenvalue weighted by molar-refractivity contribution is 0.432. The lowest BCUT2D eigenvalue weighted by atomic mass is 10.1. The summed E-state index contributed by atoms with van der Waals surface area (Å²) in [6.07, 6.45) is 0.768. The van der Waals surface area contributed by atoms with E-state index in [-0.39, 0.29) is 0 Å². The van der Waals surface area contributed by atoms with Gasteiger partial charge in [0.1, 0.15) is 5.52 Å². The molecule has 0 atom stereocenters. The molecule has 0 amide bonds. The first-order valence-electron chi connectivity index (χ1n) is 7.53. The summed E-state index contributed by atoms with van der Waals surface area (Å²) in [5, 5.41) is 4.07. The summed E-state index contributed by atoms with van der Waals surface area (Å²) in [6, 6.07) is 13.7. The summed E-state index contributed by atoms with van der Waals surface area (Å²) in [5.41, 5.74) is 4.53. The fourth-order valence-electron chi connectivity index (χ4n) is 2.42. The highest BCUT2D eigenvalue weighted by Crippen LogP contribution is 2.25. The standard InChI is InChI=1S/C18H15N3O2/c1-3-16-19-14-10-13(8-9-15(14)22-16)17-20-18(23-21-17)12-6-4-11(2)5-7-12/h4-10H,3H2,1-2H3. The van der Waals surface area contributed by atoms with E-state index in [1.807, 2.05) is 56.3 Å². The Morgan fingerprint density at radius 1 is 0.957 bits per heavy atom. The average molecular weight is 305 g/mol. The van der Waals surface area contributed by atoms with Crippen LogP contribution < -0.4 is 0 Å². The van der Waals surface area contributed by atoms with Crippen molar-refractivity contribution < 1.29 is 8.94 Å². The van der Waals surface area contributed by atoms with E-state index in [1.54, 1.807) is 0 Å². The SMILES string of the molecule is CCc1nc2cc(-c3noc(-c4ccc(C)cc4)n3)ccc2o1. The molecule has 0 N–H and O–H groups in total. The predicted octanol–water partition coefficient (Wildman–Crippen LogP) is 4.42. The Morgan fingerprint density at radius 2 is 1.74 bits per heavy atom. The zero-order valence-corrected chi connectivity index (χ0v) is 12.9. The van der Waals surface area contributed by atoms with Gasteiger partial charge < -0.3 is 8.94 Å². The molecule has 0 radical (unpaired) electrons. The molecule has 0 aliphatic rings. The van der Waals surface area contributed by atoms with Gasteiger partial charge in [-0.3, -0.25) is 0 Å². The molecule has 5 heteroatoms. The Bertz CT molecular complexity index is 968. The molecule has 2 heterocycles. The molecule has 4 aromatic rings. The van der Waals surface area contributed by atoms with Gasteiger partial charge in [0.15, 0.2) is 11.5 Å². The van der Waals surface area contributed by atoms with Crippen molar-refractivity contribution in [3.05, 3.63) is 53.9 Å². The van der Waals surface area contributed by atoms with Crippen molar-refractivity contribution in [3.63, 3.8) is 0 Å². The number of benzene rings is 2. The van der Waals surface area contributed by atoms with Crippen molar-refractivity contribution in [2.75, 3.05) is 0 Å². The van der Waals surface area contributed by atoms with Gasteiger partial charge in [0.2, 0.25) is 5.82 Å². The van der Waals surface area contributed by atoms with Crippen LogP contribution in [0.4, 0.5) is 0 Å². The first-order valence-corrected chi connectivity index (χ1v) is 7.53. The minimum absolute atomic E-state index is 0.509. The van der Waals surface area contributed by atoms with Gasteiger partial charge in [-0.25, -0.2) is 4.98 Å². The smallest absolute Gasteiger partial charge is 0.258 e. The first kappa shape index (κ1) is 13.7. The van der Waals surface area contributed by atoms with Crippen LogP contribution in [0.3, 0.4) is 0 Å². The van der Waals surface area contributed by atoms with E-state index in [9.17, 15) is 0 Å². The Morgan fingerprint density at radius 3 is 2.52 bits per heavy atom. The highest BCUT2D eigenvalue weighted by Gasteiger charge is 2.12. The summed E-state index contributed by atoms with van der Waals surface area (Å²) in [6.45, 7) is 4.05. The van der Waals surface area contributed by atoms with Gasteiger partial charge in [0, 0.05) is 17.5 Å². The number of nitrogens with zero attached hydrogens (tertiary/aromatic N) is 3. The predicted molar refractivity (Wildman–Crippen MR) is 86.9 cm³/mol. The molecule has 0 unspecified atom stereocenters. The minimum Gasteiger partial charge on any atom is -0.441 e. The molecule has 23 heavy (non-hydrogen) atoms. The Balaban J connectivity index is 1.72. The quantitative estimate of drug-likeness (QED) is 0.560. The monoisotopic (exact) mass is 305 g/mol. The van der Waals surface area contributed by atoms with Gasteiger partial charge in [-0.1, -0.05) is 29.8 Å². The third-order valence-electron chi connectivity index (χ3n) is 3.72. The zero-order valence-electron chi connectivity index (χ0n) is 12.9. The second-order valence-electron chi connectivity index (χ2n) is 5.43. The van der Waals surface area contributed by atoms with Gasteiger partial charge in [-0.05, 0) is 37.3 Å². The number of oxazole rings is 1. The van der Waals surface area contributed by atoms with Crippen LogP contribution in [0.15, 0.2) is 51.4 Å². The Kier molecular flexibility index (Phi) is 3.19. The van der Waals surface area contributed by atoms with Crippen LogP contribution in [-0.2, 0) is 6.42 Å². The Labute approximate surface area is 133 Å². The number of hydrogen-bond acceptors (Lipinski definition) is 5. The molecule has 4 rings (SSSR count). The Hall–Kier alpha value is -2.95. The number of hydrogen-bond donors (Lipinski definition) is 0. The maximum atomic E-state index is 5.62. The van der Waals surface area contributed by atoms with Crippen molar-refractivity contribution in [2.24, 2.45) is 0 Å². The normalized spacial score (nSPS) is 11.2. The highest BCUT2D eigenvalue weighted by molar-refractivity contribution is 5.78. The second-order valence-corrected chi connectivity index (χ2v) is 5.43. The lowest BCUT2D eigenvalue weighted by Crippen LogP contribution is -1.82. The molecule has 2 aromatic carbocycles. The van der Waals surface area contributed by atoms with Gasteiger partial charge in [0.25, 0.3) is 5.89 Å². The minimum atomic E-state index is 0.509. The molecule has 5 nitrogen and oxygen atoms in total. The van der Waals surface area contributed by atoms with Gasteiger partial charge in [0.05, 0.1) is 0 Å². The molecule has 0 bridgehead atoms. The molecule has 0 fully saturated rings. The van der Waals surface area contributed by atoms with Crippen LogP contribution in [0.5, 0.6) is 0 Å². The summed E-state index contributed by atoms with van der Waals surface area (Å²) in [7, 11) is 0. The van der Waals surface area contributed by atoms with Crippen molar-refractivity contribution in [1.29, 1.82) is 0 Å². The third-order valence-corrected chi connectivity index (χ3v) is 3.72. The molecule has 114 valence electrons. The summed E-state index contributed by atoms with van der Waals surface area (Å²) >= 11 is 0. The van der Waals surface area contributed by atoms with Crippen LogP contribution >= 0.6 is 0 Å². The lowest BCUT2D eigenvalue weighted by Gasteiger charge is -1.95. The topological polar surface area (TPSA) is 65.0 Å². The van der Waals surface area contributed by atoms with Gasteiger partial charge >= 0.3 is 0 Å². The highest BCUT2D eigenvalue weighted by atomic mass is 16.5. The van der Waals surface area contributed by atoms with E-state index >= 15 is 0 Å². The van der Waals surface area contributed by atoms with Crippen molar-refractivity contribution in [2.45, 2.75) is 20.3 Å². The number of rotatable bonds is 3. The maximum absolute atomic E-state index is 5.62.